The third-order valence-electron chi connectivity index (χ3n) is 5.36. The number of rotatable bonds is 9. The molecule has 2 rings (SSSR count). The first-order valence-electron chi connectivity index (χ1n) is 11.7. The van der Waals surface area contributed by atoms with Crippen LogP contribution in [0.25, 0.3) is 0 Å². The van der Waals surface area contributed by atoms with Crippen molar-refractivity contribution in [3.05, 3.63) is 23.8 Å². The minimum Gasteiger partial charge on any atom is -0.497 e. The number of hydrogen-bond acceptors (Lipinski definition) is 6. The van der Waals surface area contributed by atoms with Gasteiger partial charge in [-0.05, 0) is 59.6 Å². The van der Waals surface area contributed by atoms with Gasteiger partial charge in [-0.25, -0.2) is 4.79 Å². The van der Waals surface area contributed by atoms with Crippen molar-refractivity contribution in [2.45, 2.75) is 71.6 Å². The smallest absolute Gasteiger partial charge is 0.410 e. The van der Waals surface area contributed by atoms with E-state index in [9.17, 15) is 9.59 Å². The first-order chi connectivity index (χ1) is 15.6. The van der Waals surface area contributed by atoms with Crippen molar-refractivity contribution in [3.63, 3.8) is 0 Å². The number of nitrogens with zero attached hydrogens (tertiary/aromatic N) is 2. The number of likely N-dealkylation sites (tertiary alicyclic amines) is 1. The summed E-state index contributed by atoms with van der Waals surface area (Å²) in [6.07, 6.45) is 2.05. The number of carbonyl (C=O) groups is 2. The Morgan fingerprint density at radius 1 is 1.12 bits per heavy atom. The molecular weight excluding hydrogens is 424 g/mol. The maximum absolute atomic E-state index is 13.6. The van der Waals surface area contributed by atoms with Gasteiger partial charge in [0.25, 0.3) is 5.91 Å². The predicted octanol–water partition coefficient (Wildman–Crippen LogP) is 4.36. The predicted molar refractivity (Wildman–Crippen MR) is 127 cm³/mol. The van der Waals surface area contributed by atoms with Crippen molar-refractivity contribution in [1.29, 1.82) is 0 Å². The van der Waals surface area contributed by atoms with Gasteiger partial charge < -0.3 is 28.7 Å². The monoisotopic (exact) mass is 464 g/mol. The molecule has 0 N–H and O–H groups in total. The summed E-state index contributed by atoms with van der Waals surface area (Å²) in [7, 11) is 3.22. The summed E-state index contributed by atoms with van der Waals surface area (Å²) in [5.41, 5.74) is -0.0585. The van der Waals surface area contributed by atoms with Gasteiger partial charge in [-0.1, -0.05) is 0 Å². The molecule has 1 heterocycles. The highest BCUT2D eigenvalue weighted by Gasteiger charge is 2.34. The zero-order valence-corrected chi connectivity index (χ0v) is 21.2. The third kappa shape index (κ3) is 8.11. The van der Waals surface area contributed by atoms with E-state index in [2.05, 4.69) is 0 Å². The van der Waals surface area contributed by atoms with Crippen molar-refractivity contribution in [2.24, 2.45) is 0 Å². The zero-order valence-electron chi connectivity index (χ0n) is 21.2. The highest BCUT2D eigenvalue weighted by atomic mass is 16.6. The van der Waals surface area contributed by atoms with Crippen LogP contribution in [0.1, 0.15) is 64.2 Å². The van der Waals surface area contributed by atoms with Gasteiger partial charge in [-0.15, -0.1) is 0 Å². The Morgan fingerprint density at radius 3 is 2.42 bits per heavy atom. The Kier molecular flexibility index (Phi) is 9.83. The van der Waals surface area contributed by atoms with Crippen LogP contribution in [-0.2, 0) is 9.47 Å². The molecule has 1 aromatic rings. The van der Waals surface area contributed by atoms with Gasteiger partial charge >= 0.3 is 6.09 Å². The topological polar surface area (TPSA) is 77.5 Å². The van der Waals surface area contributed by atoms with Gasteiger partial charge in [-0.3, -0.25) is 4.79 Å². The van der Waals surface area contributed by atoms with E-state index in [4.69, 9.17) is 18.9 Å². The molecule has 0 spiro atoms. The molecule has 0 unspecified atom stereocenters. The molecule has 0 bridgehead atoms. The lowest BCUT2D eigenvalue weighted by atomic mass is 10.0. The quantitative estimate of drug-likeness (QED) is 0.506. The van der Waals surface area contributed by atoms with Crippen LogP contribution in [0.4, 0.5) is 4.79 Å². The number of carbonyl (C=O) groups excluding carboxylic acids is 2. The number of piperidine rings is 1. The average molecular weight is 465 g/mol. The lowest BCUT2D eigenvalue weighted by molar-refractivity contribution is 0.00752. The van der Waals surface area contributed by atoms with Crippen LogP contribution in [0.15, 0.2) is 18.2 Å². The van der Waals surface area contributed by atoms with Crippen molar-refractivity contribution >= 4 is 12.0 Å². The summed E-state index contributed by atoms with van der Waals surface area (Å²) in [5.74, 6) is 1.03. The van der Waals surface area contributed by atoms with Crippen LogP contribution < -0.4 is 9.47 Å². The summed E-state index contributed by atoms with van der Waals surface area (Å²) < 4.78 is 21.8. The minimum atomic E-state index is -0.558. The molecular formula is C25H40N2O6. The Bertz CT molecular complexity index is 790. The first kappa shape index (κ1) is 26.8. The fourth-order valence-electron chi connectivity index (χ4n) is 3.93. The molecule has 0 saturated carbocycles. The lowest BCUT2D eigenvalue weighted by Gasteiger charge is -2.41. The molecule has 1 aliphatic heterocycles. The molecule has 8 nitrogen and oxygen atoms in total. The molecule has 1 saturated heterocycles. The van der Waals surface area contributed by atoms with E-state index in [1.807, 2.05) is 39.5 Å². The highest BCUT2D eigenvalue weighted by Crippen LogP contribution is 2.27. The van der Waals surface area contributed by atoms with Crippen LogP contribution in [0.2, 0.25) is 0 Å². The normalized spacial score (nSPS) is 16.5. The van der Waals surface area contributed by atoms with Gasteiger partial charge in [0.2, 0.25) is 0 Å². The Morgan fingerprint density at radius 2 is 1.82 bits per heavy atom. The zero-order chi connectivity index (χ0) is 24.6. The maximum Gasteiger partial charge on any atom is 0.410 e. The summed E-state index contributed by atoms with van der Waals surface area (Å²) in [4.78, 5) is 29.8. The van der Waals surface area contributed by atoms with Crippen molar-refractivity contribution in [1.82, 2.24) is 9.80 Å². The lowest BCUT2D eigenvalue weighted by Crippen LogP contribution is -2.54. The highest BCUT2D eigenvalue weighted by molar-refractivity contribution is 5.95. The van der Waals surface area contributed by atoms with E-state index in [1.165, 1.54) is 0 Å². The minimum absolute atomic E-state index is 0.0432. The van der Waals surface area contributed by atoms with Crippen molar-refractivity contribution in [2.75, 3.05) is 40.5 Å². The first-order valence-corrected chi connectivity index (χ1v) is 11.7. The van der Waals surface area contributed by atoms with Crippen LogP contribution >= 0.6 is 0 Å². The summed E-state index contributed by atoms with van der Waals surface area (Å²) >= 11 is 0. The second-order valence-electron chi connectivity index (χ2n) is 9.62. The van der Waals surface area contributed by atoms with E-state index in [0.717, 1.165) is 19.3 Å². The van der Waals surface area contributed by atoms with E-state index < -0.39 is 5.60 Å². The SMILES string of the molecule is COCCCOc1cc(OC)cc(C(=O)N(C(C)C)[C@@H]2CCCN(C(=O)OC(C)(C)C)C2)c1. The van der Waals surface area contributed by atoms with E-state index in [0.29, 0.717) is 43.4 Å². The summed E-state index contributed by atoms with van der Waals surface area (Å²) in [5, 5.41) is 0. The molecule has 186 valence electrons. The number of ether oxygens (including phenoxy) is 4. The molecule has 2 amide bonds. The van der Waals surface area contributed by atoms with Crippen LogP contribution in [0.3, 0.4) is 0 Å². The molecule has 0 aromatic heterocycles. The molecule has 1 atom stereocenters. The number of hydrogen-bond donors (Lipinski definition) is 0. The molecule has 8 heteroatoms. The van der Waals surface area contributed by atoms with Crippen molar-refractivity contribution in [3.8, 4) is 11.5 Å². The van der Waals surface area contributed by atoms with Crippen LogP contribution in [0.5, 0.6) is 11.5 Å². The van der Waals surface area contributed by atoms with Gasteiger partial charge in [0.05, 0.1) is 19.8 Å². The number of benzene rings is 1. The van der Waals surface area contributed by atoms with Gasteiger partial charge in [0.15, 0.2) is 0 Å². The van der Waals surface area contributed by atoms with Gasteiger partial charge in [0.1, 0.15) is 17.1 Å². The largest absolute Gasteiger partial charge is 0.497 e. The summed E-state index contributed by atoms with van der Waals surface area (Å²) in [6.45, 7) is 11.7. The molecule has 0 radical (unpaired) electrons. The van der Waals surface area contributed by atoms with E-state index in [1.54, 1.807) is 37.3 Å². The second kappa shape index (κ2) is 12.1. The maximum atomic E-state index is 13.6. The fourth-order valence-corrected chi connectivity index (χ4v) is 3.93. The molecule has 1 fully saturated rings. The van der Waals surface area contributed by atoms with Gasteiger partial charge in [0, 0.05) is 50.9 Å². The number of methoxy groups -OCH3 is 2. The van der Waals surface area contributed by atoms with Gasteiger partial charge in [-0.2, -0.15) is 0 Å². The van der Waals surface area contributed by atoms with E-state index in [-0.39, 0.29) is 24.1 Å². The number of amides is 2. The van der Waals surface area contributed by atoms with Crippen molar-refractivity contribution < 1.29 is 28.5 Å². The molecule has 0 aliphatic carbocycles. The molecule has 1 aromatic carbocycles. The standard InChI is InChI=1S/C25H40N2O6/c1-18(2)27(20-10-8-11-26(17-20)24(29)33-25(3,4)5)23(28)19-14-21(31-7)16-22(15-19)32-13-9-12-30-6/h14-16,18,20H,8-13,17H2,1-7H3/t20-/m1/s1. The third-order valence-corrected chi connectivity index (χ3v) is 5.36. The molecule has 1 aliphatic rings. The molecule has 33 heavy (non-hydrogen) atoms. The Balaban J connectivity index is 2.21. The summed E-state index contributed by atoms with van der Waals surface area (Å²) in [6, 6.07) is 5.11. The Labute approximate surface area is 198 Å². The van der Waals surface area contributed by atoms with Crippen LogP contribution in [-0.4, -0.2) is 80.0 Å². The van der Waals surface area contributed by atoms with E-state index >= 15 is 0 Å². The van der Waals surface area contributed by atoms with Crippen LogP contribution in [0, 0.1) is 0 Å². The second-order valence-corrected chi connectivity index (χ2v) is 9.62. The fraction of sp³-hybridized carbons (Fsp3) is 0.680. The Hall–Kier alpha value is -2.48. The average Bonchev–Trinajstić information content (AvgIpc) is 2.75.